The highest BCUT2D eigenvalue weighted by molar-refractivity contribution is 5.98. The van der Waals surface area contributed by atoms with E-state index in [9.17, 15) is 4.79 Å². The predicted molar refractivity (Wildman–Crippen MR) is 96.7 cm³/mol. The van der Waals surface area contributed by atoms with Gasteiger partial charge in [0.15, 0.2) is 0 Å². The molecule has 0 radical (unpaired) electrons. The van der Waals surface area contributed by atoms with Crippen LogP contribution in [0.3, 0.4) is 0 Å². The molecule has 2 aromatic carbocycles. The molecule has 0 aliphatic rings. The number of carbonyl (C=O) groups is 1. The summed E-state index contributed by atoms with van der Waals surface area (Å²) in [7, 11) is 0. The maximum atomic E-state index is 13.0. The van der Waals surface area contributed by atoms with Crippen molar-refractivity contribution >= 4 is 17.4 Å². The lowest BCUT2D eigenvalue weighted by Gasteiger charge is -2.18. The van der Waals surface area contributed by atoms with Gasteiger partial charge in [-0.2, -0.15) is 0 Å². The zero-order chi connectivity index (χ0) is 16.9. The Bertz CT molecular complexity index is 793. The summed E-state index contributed by atoms with van der Waals surface area (Å²) in [6.07, 6.45) is 0. The Morgan fingerprint density at radius 2 is 1.46 bits per heavy atom. The van der Waals surface area contributed by atoms with Crippen molar-refractivity contribution in [2.75, 3.05) is 11.1 Å². The van der Waals surface area contributed by atoms with Crippen LogP contribution in [0.25, 0.3) is 0 Å². The number of anilines is 2. The maximum Gasteiger partial charge on any atom is 0.236 e. The number of nitrogens with zero attached hydrogens (tertiary/aromatic N) is 1. The van der Waals surface area contributed by atoms with Crippen LogP contribution in [0, 0.1) is 6.92 Å². The third kappa shape index (κ3) is 3.43. The molecule has 3 rings (SSSR count). The van der Waals surface area contributed by atoms with Crippen LogP contribution >= 0.6 is 0 Å². The van der Waals surface area contributed by atoms with Gasteiger partial charge in [0.2, 0.25) is 5.91 Å². The topological polar surface area (TPSA) is 68.0 Å². The van der Waals surface area contributed by atoms with E-state index < -0.39 is 0 Å². The van der Waals surface area contributed by atoms with Gasteiger partial charge in [0, 0.05) is 0 Å². The number of hydrogen-bond acceptors (Lipinski definition) is 3. The van der Waals surface area contributed by atoms with Crippen LogP contribution in [-0.4, -0.2) is 10.9 Å². The molecule has 0 saturated heterocycles. The number of amides is 1. The zero-order valence-corrected chi connectivity index (χ0v) is 13.4. The number of benzene rings is 2. The van der Waals surface area contributed by atoms with Gasteiger partial charge < -0.3 is 11.1 Å². The van der Waals surface area contributed by atoms with Crippen molar-refractivity contribution in [2.45, 2.75) is 12.8 Å². The number of nitrogens with one attached hydrogen (secondary N) is 1. The normalized spacial score (nSPS) is 10.6. The second-order valence-corrected chi connectivity index (χ2v) is 5.61. The number of nitrogen functional groups attached to an aromatic ring is 1. The van der Waals surface area contributed by atoms with Crippen molar-refractivity contribution in [1.82, 2.24) is 4.98 Å². The summed E-state index contributed by atoms with van der Waals surface area (Å²) in [5.41, 5.74) is 8.94. The molecule has 4 nitrogen and oxygen atoms in total. The van der Waals surface area contributed by atoms with Crippen LogP contribution in [0.4, 0.5) is 11.5 Å². The lowest BCUT2D eigenvalue weighted by molar-refractivity contribution is -0.116. The van der Waals surface area contributed by atoms with Crippen LogP contribution in [0.1, 0.15) is 22.7 Å². The maximum absolute atomic E-state index is 13.0. The molecule has 1 heterocycles. The van der Waals surface area contributed by atoms with Gasteiger partial charge >= 0.3 is 0 Å². The van der Waals surface area contributed by atoms with Crippen LogP contribution in [0.15, 0.2) is 72.8 Å². The first-order chi connectivity index (χ1) is 11.6. The van der Waals surface area contributed by atoms with Gasteiger partial charge in [-0.05, 0) is 30.2 Å². The minimum atomic E-state index is -0.385. The van der Waals surface area contributed by atoms with E-state index in [1.807, 2.05) is 67.6 Å². The van der Waals surface area contributed by atoms with E-state index in [1.54, 1.807) is 12.1 Å². The highest BCUT2D eigenvalue weighted by Crippen LogP contribution is 2.27. The standard InChI is InChI=1S/C20H19N3O/c1-14-17(12-13-18(21)22-14)23-20(24)19(15-8-4-2-5-9-15)16-10-6-3-7-11-16/h2-13,19H,1H3,(H2,21,22)(H,23,24). The Morgan fingerprint density at radius 1 is 0.917 bits per heavy atom. The molecule has 0 fully saturated rings. The molecule has 0 spiro atoms. The molecule has 0 atom stereocenters. The number of hydrogen-bond donors (Lipinski definition) is 2. The summed E-state index contributed by atoms with van der Waals surface area (Å²) in [4.78, 5) is 17.2. The summed E-state index contributed by atoms with van der Waals surface area (Å²) >= 11 is 0. The van der Waals surface area contributed by atoms with Gasteiger partial charge in [0.1, 0.15) is 5.82 Å². The van der Waals surface area contributed by atoms with E-state index in [4.69, 9.17) is 5.73 Å². The fourth-order valence-electron chi connectivity index (χ4n) is 2.70. The van der Waals surface area contributed by atoms with Gasteiger partial charge in [0.25, 0.3) is 0 Å². The van der Waals surface area contributed by atoms with Crippen LogP contribution in [-0.2, 0) is 4.79 Å². The Labute approximate surface area is 141 Å². The van der Waals surface area contributed by atoms with Crippen LogP contribution < -0.4 is 11.1 Å². The predicted octanol–water partition coefficient (Wildman–Crippen LogP) is 3.74. The first kappa shape index (κ1) is 15.7. The second kappa shape index (κ2) is 6.96. The van der Waals surface area contributed by atoms with Crippen molar-refractivity contribution in [2.24, 2.45) is 0 Å². The minimum Gasteiger partial charge on any atom is -0.384 e. The van der Waals surface area contributed by atoms with Crippen LogP contribution in [0.2, 0.25) is 0 Å². The minimum absolute atomic E-state index is 0.0953. The molecule has 0 aliphatic heterocycles. The van der Waals surface area contributed by atoms with Crippen LogP contribution in [0.5, 0.6) is 0 Å². The lowest BCUT2D eigenvalue weighted by Crippen LogP contribution is -2.22. The largest absolute Gasteiger partial charge is 0.384 e. The average Bonchev–Trinajstić information content (AvgIpc) is 2.60. The van der Waals surface area contributed by atoms with Gasteiger partial charge in [-0.1, -0.05) is 60.7 Å². The highest BCUT2D eigenvalue weighted by atomic mass is 16.1. The highest BCUT2D eigenvalue weighted by Gasteiger charge is 2.23. The number of aryl methyl sites for hydroxylation is 1. The molecule has 3 N–H and O–H groups in total. The first-order valence-corrected chi connectivity index (χ1v) is 7.79. The van der Waals surface area contributed by atoms with Gasteiger partial charge in [-0.3, -0.25) is 4.79 Å². The number of nitrogens with two attached hydrogens (primary N) is 1. The number of carbonyl (C=O) groups excluding carboxylic acids is 1. The van der Waals surface area contributed by atoms with E-state index in [-0.39, 0.29) is 11.8 Å². The number of rotatable bonds is 4. The summed E-state index contributed by atoms with van der Waals surface area (Å²) in [6.45, 7) is 1.83. The molecule has 1 aromatic heterocycles. The van der Waals surface area contributed by atoms with Crippen molar-refractivity contribution < 1.29 is 4.79 Å². The molecule has 0 bridgehead atoms. The molecular formula is C20H19N3O. The van der Waals surface area contributed by atoms with Crippen molar-refractivity contribution in [1.29, 1.82) is 0 Å². The molecule has 4 heteroatoms. The van der Waals surface area contributed by atoms with E-state index in [0.29, 0.717) is 17.2 Å². The fraction of sp³-hybridized carbons (Fsp3) is 0.100. The summed E-state index contributed by atoms with van der Waals surface area (Å²) < 4.78 is 0. The summed E-state index contributed by atoms with van der Waals surface area (Å²) in [5, 5.41) is 2.98. The molecular weight excluding hydrogens is 298 g/mol. The first-order valence-electron chi connectivity index (χ1n) is 7.79. The van der Waals surface area contributed by atoms with E-state index in [0.717, 1.165) is 11.1 Å². The quantitative estimate of drug-likeness (QED) is 0.770. The second-order valence-electron chi connectivity index (χ2n) is 5.61. The van der Waals surface area contributed by atoms with Crippen molar-refractivity contribution in [3.63, 3.8) is 0 Å². The van der Waals surface area contributed by atoms with E-state index >= 15 is 0 Å². The Hall–Kier alpha value is -3.14. The van der Waals surface area contributed by atoms with Gasteiger partial charge in [-0.25, -0.2) is 4.98 Å². The smallest absolute Gasteiger partial charge is 0.236 e. The molecule has 24 heavy (non-hydrogen) atoms. The third-order valence-corrected chi connectivity index (χ3v) is 3.89. The molecule has 1 amide bonds. The third-order valence-electron chi connectivity index (χ3n) is 3.89. The number of pyridine rings is 1. The molecule has 0 saturated carbocycles. The van der Waals surface area contributed by atoms with Crippen molar-refractivity contribution in [3.8, 4) is 0 Å². The van der Waals surface area contributed by atoms with Crippen molar-refractivity contribution in [3.05, 3.63) is 89.6 Å². The monoisotopic (exact) mass is 317 g/mol. The van der Waals surface area contributed by atoms with Gasteiger partial charge in [0.05, 0.1) is 17.3 Å². The summed E-state index contributed by atoms with van der Waals surface area (Å²) in [5.74, 6) is -0.0420. The molecule has 0 unspecified atom stereocenters. The van der Waals surface area contributed by atoms with E-state index in [2.05, 4.69) is 10.3 Å². The Morgan fingerprint density at radius 3 is 1.96 bits per heavy atom. The van der Waals surface area contributed by atoms with E-state index in [1.165, 1.54) is 0 Å². The lowest BCUT2D eigenvalue weighted by atomic mass is 9.90. The number of aromatic nitrogens is 1. The Kier molecular flexibility index (Phi) is 4.57. The SMILES string of the molecule is Cc1nc(N)ccc1NC(=O)C(c1ccccc1)c1ccccc1. The molecule has 3 aromatic rings. The Balaban J connectivity index is 1.95. The molecule has 120 valence electrons. The van der Waals surface area contributed by atoms with Gasteiger partial charge in [-0.15, -0.1) is 0 Å². The summed E-state index contributed by atoms with van der Waals surface area (Å²) in [6, 6.07) is 23.0. The molecule has 0 aliphatic carbocycles. The fourth-order valence-corrected chi connectivity index (χ4v) is 2.70. The zero-order valence-electron chi connectivity index (χ0n) is 13.4. The average molecular weight is 317 g/mol.